The molecule has 112 valence electrons. The van der Waals surface area contributed by atoms with Gasteiger partial charge in [-0.05, 0) is 49.5 Å². The number of rotatable bonds is 6. The average Bonchev–Trinajstić information content (AvgIpc) is 2.82. The van der Waals surface area contributed by atoms with Gasteiger partial charge < -0.3 is 15.2 Å². The van der Waals surface area contributed by atoms with Crippen molar-refractivity contribution in [3.8, 4) is 11.5 Å². The molecule has 1 fully saturated rings. The van der Waals surface area contributed by atoms with Gasteiger partial charge in [0.25, 0.3) is 0 Å². The highest BCUT2D eigenvalue weighted by Crippen LogP contribution is 2.32. The minimum atomic E-state index is 0.273. The number of hydrogen-bond acceptors (Lipinski definition) is 4. The van der Waals surface area contributed by atoms with Gasteiger partial charge in [0.1, 0.15) is 0 Å². The summed E-state index contributed by atoms with van der Waals surface area (Å²) in [6.45, 7) is 8.79. The van der Waals surface area contributed by atoms with Crippen LogP contribution in [0.2, 0.25) is 0 Å². The van der Waals surface area contributed by atoms with Gasteiger partial charge in [-0.25, -0.2) is 0 Å². The van der Waals surface area contributed by atoms with E-state index >= 15 is 0 Å². The highest BCUT2D eigenvalue weighted by Gasteiger charge is 2.32. The van der Waals surface area contributed by atoms with E-state index in [-0.39, 0.29) is 5.41 Å². The van der Waals surface area contributed by atoms with Crippen molar-refractivity contribution in [2.24, 2.45) is 11.1 Å². The number of ether oxygens (including phenoxy) is 2. The number of methoxy groups -OCH3 is 1. The number of nitrogens with zero attached hydrogens (tertiary/aromatic N) is 1. The Morgan fingerprint density at radius 1 is 1.35 bits per heavy atom. The Morgan fingerprint density at radius 3 is 2.75 bits per heavy atom. The van der Waals surface area contributed by atoms with Crippen LogP contribution in [0.1, 0.15) is 25.8 Å². The molecule has 1 aromatic carbocycles. The van der Waals surface area contributed by atoms with Crippen molar-refractivity contribution < 1.29 is 9.47 Å². The van der Waals surface area contributed by atoms with E-state index in [9.17, 15) is 0 Å². The zero-order chi connectivity index (χ0) is 14.6. The second-order valence-electron chi connectivity index (χ2n) is 5.89. The van der Waals surface area contributed by atoms with Gasteiger partial charge in [0.15, 0.2) is 11.5 Å². The quantitative estimate of drug-likeness (QED) is 0.867. The van der Waals surface area contributed by atoms with Gasteiger partial charge in [0, 0.05) is 13.1 Å². The molecule has 1 heterocycles. The van der Waals surface area contributed by atoms with Gasteiger partial charge in [0.05, 0.1) is 13.7 Å². The monoisotopic (exact) mass is 278 g/mol. The number of likely N-dealkylation sites (tertiary alicyclic amines) is 1. The highest BCUT2D eigenvalue weighted by molar-refractivity contribution is 5.43. The summed E-state index contributed by atoms with van der Waals surface area (Å²) < 4.78 is 10.9. The largest absolute Gasteiger partial charge is 0.493 e. The summed E-state index contributed by atoms with van der Waals surface area (Å²) in [5.41, 5.74) is 7.39. The van der Waals surface area contributed by atoms with Crippen molar-refractivity contribution in [1.82, 2.24) is 4.90 Å². The lowest BCUT2D eigenvalue weighted by Crippen LogP contribution is -2.31. The van der Waals surface area contributed by atoms with E-state index in [1.165, 1.54) is 12.0 Å². The molecule has 1 aromatic rings. The molecule has 2 N–H and O–H groups in total. The zero-order valence-corrected chi connectivity index (χ0v) is 12.8. The molecule has 1 saturated heterocycles. The Kier molecular flexibility index (Phi) is 4.89. The molecule has 0 saturated carbocycles. The first-order valence-corrected chi connectivity index (χ1v) is 7.32. The van der Waals surface area contributed by atoms with E-state index in [1.54, 1.807) is 7.11 Å². The SMILES string of the molecule is CCOc1cc(CN2CCC(C)(CN)C2)ccc1OC. The van der Waals surface area contributed by atoms with Crippen molar-refractivity contribution in [3.05, 3.63) is 23.8 Å². The molecule has 0 radical (unpaired) electrons. The standard InChI is InChI=1S/C16H26N2O2/c1-4-20-15-9-13(5-6-14(15)19-3)10-18-8-7-16(2,11-17)12-18/h5-6,9H,4,7-8,10-12,17H2,1-3H3. The Hall–Kier alpha value is -1.26. The molecule has 1 atom stereocenters. The van der Waals surface area contributed by atoms with E-state index < -0.39 is 0 Å². The van der Waals surface area contributed by atoms with Gasteiger partial charge in [-0.15, -0.1) is 0 Å². The average molecular weight is 278 g/mol. The Bertz CT molecular complexity index is 450. The molecular formula is C16H26N2O2. The molecule has 4 nitrogen and oxygen atoms in total. The van der Waals surface area contributed by atoms with Crippen LogP contribution in [-0.2, 0) is 6.54 Å². The topological polar surface area (TPSA) is 47.7 Å². The molecule has 0 aromatic heterocycles. The van der Waals surface area contributed by atoms with Gasteiger partial charge in [-0.1, -0.05) is 13.0 Å². The molecular weight excluding hydrogens is 252 g/mol. The third kappa shape index (κ3) is 3.44. The van der Waals surface area contributed by atoms with Crippen LogP contribution in [0, 0.1) is 5.41 Å². The molecule has 4 heteroatoms. The summed E-state index contributed by atoms with van der Waals surface area (Å²) in [6.07, 6.45) is 1.18. The summed E-state index contributed by atoms with van der Waals surface area (Å²) >= 11 is 0. The first-order valence-electron chi connectivity index (χ1n) is 7.32. The van der Waals surface area contributed by atoms with Gasteiger partial charge in [-0.3, -0.25) is 4.90 Å². The van der Waals surface area contributed by atoms with E-state index in [4.69, 9.17) is 15.2 Å². The van der Waals surface area contributed by atoms with Crippen LogP contribution in [0.4, 0.5) is 0 Å². The molecule has 20 heavy (non-hydrogen) atoms. The second kappa shape index (κ2) is 6.46. The maximum atomic E-state index is 5.86. The minimum absolute atomic E-state index is 0.273. The summed E-state index contributed by atoms with van der Waals surface area (Å²) in [7, 11) is 1.67. The highest BCUT2D eigenvalue weighted by atomic mass is 16.5. The maximum Gasteiger partial charge on any atom is 0.161 e. The Morgan fingerprint density at radius 2 is 2.15 bits per heavy atom. The van der Waals surface area contributed by atoms with Gasteiger partial charge in [-0.2, -0.15) is 0 Å². The first kappa shape index (κ1) is 15.1. The fourth-order valence-corrected chi connectivity index (χ4v) is 2.77. The fourth-order valence-electron chi connectivity index (χ4n) is 2.77. The predicted octanol–water partition coefficient (Wildman–Crippen LogP) is 2.26. The predicted molar refractivity (Wildman–Crippen MR) is 81.2 cm³/mol. The molecule has 1 aliphatic heterocycles. The summed E-state index contributed by atoms with van der Waals surface area (Å²) in [5, 5.41) is 0. The van der Waals surface area contributed by atoms with Crippen LogP contribution in [-0.4, -0.2) is 38.3 Å². The third-order valence-corrected chi connectivity index (χ3v) is 4.06. The van der Waals surface area contributed by atoms with Gasteiger partial charge in [0.2, 0.25) is 0 Å². The van der Waals surface area contributed by atoms with E-state index in [1.807, 2.05) is 13.0 Å². The van der Waals surface area contributed by atoms with Crippen LogP contribution in [0.15, 0.2) is 18.2 Å². The van der Waals surface area contributed by atoms with Gasteiger partial charge >= 0.3 is 0 Å². The van der Waals surface area contributed by atoms with Crippen LogP contribution >= 0.6 is 0 Å². The summed E-state index contributed by atoms with van der Waals surface area (Å²) in [5.74, 6) is 1.62. The molecule has 2 rings (SSSR count). The zero-order valence-electron chi connectivity index (χ0n) is 12.8. The Labute approximate surface area is 121 Å². The molecule has 0 amide bonds. The van der Waals surface area contributed by atoms with E-state index in [0.717, 1.165) is 37.7 Å². The van der Waals surface area contributed by atoms with Crippen LogP contribution in [0.3, 0.4) is 0 Å². The third-order valence-electron chi connectivity index (χ3n) is 4.06. The fraction of sp³-hybridized carbons (Fsp3) is 0.625. The van der Waals surface area contributed by atoms with Crippen LogP contribution in [0.25, 0.3) is 0 Å². The van der Waals surface area contributed by atoms with E-state index in [0.29, 0.717) is 6.61 Å². The smallest absolute Gasteiger partial charge is 0.161 e. The Balaban J connectivity index is 2.05. The van der Waals surface area contributed by atoms with Crippen LogP contribution < -0.4 is 15.2 Å². The van der Waals surface area contributed by atoms with Crippen molar-refractivity contribution in [1.29, 1.82) is 0 Å². The maximum absolute atomic E-state index is 5.86. The lowest BCUT2D eigenvalue weighted by atomic mass is 9.90. The number of hydrogen-bond donors (Lipinski definition) is 1. The van der Waals surface area contributed by atoms with Crippen molar-refractivity contribution in [2.45, 2.75) is 26.8 Å². The molecule has 1 unspecified atom stereocenters. The lowest BCUT2D eigenvalue weighted by molar-refractivity contribution is 0.273. The minimum Gasteiger partial charge on any atom is -0.493 e. The molecule has 0 aliphatic carbocycles. The number of nitrogens with two attached hydrogens (primary N) is 1. The second-order valence-corrected chi connectivity index (χ2v) is 5.89. The van der Waals surface area contributed by atoms with Crippen molar-refractivity contribution >= 4 is 0 Å². The number of benzene rings is 1. The summed E-state index contributed by atoms with van der Waals surface area (Å²) in [6, 6.07) is 6.18. The van der Waals surface area contributed by atoms with E-state index in [2.05, 4.69) is 24.0 Å². The summed E-state index contributed by atoms with van der Waals surface area (Å²) in [4.78, 5) is 2.46. The molecule has 1 aliphatic rings. The normalized spacial score (nSPS) is 23.0. The van der Waals surface area contributed by atoms with Crippen LogP contribution in [0.5, 0.6) is 11.5 Å². The molecule has 0 spiro atoms. The van der Waals surface area contributed by atoms with Crippen molar-refractivity contribution in [2.75, 3.05) is 33.4 Å². The van der Waals surface area contributed by atoms with Crippen molar-refractivity contribution in [3.63, 3.8) is 0 Å². The first-order chi connectivity index (χ1) is 9.60. The lowest BCUT2D eigenvalue weighted by Gasteiger charge is -2.22. The molecule has 0 bridgehead atoms.